The molecular weight excluding hydrogens is 416 g/mol. The summed E-state index contributed by atoms with van der Waals surface area (Å²) in [6, 6.07) is 0. The minimum atomic E-state index is 0.195. The second kappa shape index (κ2) is 36.4. The molecule has 202 valence electrons. The highest BCUT2D eigenvalue weighted by Gasteiger charge is 1.95. The Morgan fingerprint density at radius 1 is 0.242 bits per heavy atom. The van der Waals surface area contributed by atoms with E-state index in [1.807, 2.05) is 0 Å². The summed E-state index contributed by atoms with van der Waals surface area (Å²) in [5.74, 6) is 0. The van der Waals surface area contributed by atoms with Gasteiger partial charge in [-0.2, -0.15) is 0 Å². The van der Waals surface area contributed by atoms with Gasteiger partial charge >= 0.3 is 0 Å². The Bertz CT molecular complexity index is 274. The number of hydrogen-bond donors (Lipinski definition) is 4. The van der Waals surface area contributed by atoms with Crippen molar-refractivity contribution in [3.63, 3.8) is 0 Å². The maximum Gasteiger partial charge on any atom is 0.0466 e. The largest absolute Gasteiger partial charge is 0.396 e. The van der Waals surface area contributed by atoms with E-state index < -0.39 is 0 Å². The first-order valence-corrected chi connectivity index (χ1v) is 14.3. The highest BCUT2D eigenvalue weighted by atomic mass is 16.5. The van der Waals surface area contributed by atoms with Crippen molar-refractivity contribution in [1.29, 1.82) is 0 Å². The van der Waals surface area contributed by atoms with Crippen molar-refractivity contribution in [1.82, 2.24) is 0 Å². The summed E-state index contributed by atoms with van der Waals surface area (Å²) in [7, 11) is 0. The molecule has 33 heavy (non-hydrogen) atoms. The Kier molecular flexibility index (Phi) is 38.5. The van der Waals surface area contributed by atoms with Gasteiger partial charge in [0.2, 0.25) is 0 Å². The van der Waals surface area contributed by atoms with Gasteiger partial charge in [-0.25, -0.2) is 0 Å². The molecule has 0 unspecified atom stereocenters. The van der Waals surface area contributed by atoms with E-state index in [1.165, 1.54) is 116 Å². The van der Waals surface area contributed by atoms with Gasteiger partial charge in [0.15, 0.2) is 0 Å². The van der Waals surface area contributed by atoms with Crippen LogP contribution in [0.2, 0.25) is 0 Å². The summed E-state index contributed by atoms with van der Waals surface area (Å²) < 4.78 is 5.76. The molecule has 0 fully saturated rings. The van der Waals surface area contributed by atoms with Crippen LogP contribution in [0.5, 0.6) is 0 Å². The van der Waals surface area contributed by atoms with Crippen LogP contribution in [0.25, 0.3) is 0 Å². The Hall–Kier alpha value is -0.200. The molecule has 0 aliphatic rings. The molecule has 0 radical (unpaired) electrons. The van der Waals surface area contributed by atoms with Gasteiger partial charge in [0.25, 0.3) is 0 Å². The van der Waals surface area contributed by atoms with E-state index in [1.54, 1.807) is 0 Å². The van der Waals surface area contributed by atoms with Crippen molar-refractivity contribution < 1.29 is 25.2 Å². The van der Waals surface area contributed by atoms with E-state index in [2.05, 4.69) is 0 Å². The topological polar surface area (TPSA) is 90.2 Å². The minimum Gasteiger partial charge on any atom is -0.396 e. The lowest BCUT2D eigenvalue weighted by Gasteiger charge is -2.05. The summed E-state index contributed by atoms with van der Waals surface area (Å²) in [5.41, 5.74) is 0. The van der Waals surface area contributed by atoms with E-state index in [0.717, 1.165) is 38.9 Å². The number of unbranched alkanes of at least 4 members (excludes halogenated alkanes) is 19. The highest BCUT2D eigenvalue weighted by molar-refractivity contribution is 4.49. The number of aliphatic hydroxyl groups is 4. The molecule has 0 heterocycles. The summed E-state index contributed by atoms with van der Waals surface area (Å²) >= 11 is 0. The van der Waals surface area contributed by atoms with Crippen LogP contribution in [0, 0.1) is 0 Å². The smallest absolute Gasteiger partial charge is 0.0466 e. The van der Waals surface area contributed by atoms with Crippen molar-refractivity contribution in [2.45, 2.75) is 141 Å². The maximum atomic E-state index is 8.72. The molecule has 0 aromatic heterocycles. The number of aliphatic hydroxyl groups excluding tert-OH is 4. The fraction of sp³-hybridized carbons (Fsp3) is 1.00. The summed E-state index contributed by atoms with van der Waals surface area (Å²) in [6.45, 7) is 3.01. The average molecular weight is 477 g/mol. The predicted octanol–water partition coefficient (Wildman–Crippen LogP) is 6.54. The minimum absolute atomic E-state index is 0.195. The van der Waals surface area contributed by atoms with E-state index >= 15 is 0 Å². The first-order chi connectivity index (χ1) is 16.3. The maximum absolute atomic E-state index is 8.72. The lowest BCUT2D eigenvalue weighted by Crippen LogP contribution is -1.97. The molecule has 0 aromatic rings. The third kappa shape index (κ3) is 39.3. The van der Waals surface area contributed by atoms with E-state index in [4.69, 9.17) is 25.2 Å². The summed E-state index contributed by atoms with van der Waals surface area (Å²) in [4.78, 5) is 0. The van der Waals surface area contributed by atoms with Crippen LogP contribution in [-0.2, 0) is 4.74 Å². The fourth-order valence-corrected chi connectivity index (χ4v) is 3.79. The quantitative estimate of drug-likeness (QED) is 0.101. The van der Waals surface area contributed by atoms with Crippen molar-refractivity contribution in [2.75, 3.05) is 39.6 Å². The first kappa shape index (κ1) is 35.0. The van der Waals surface area contributed by atoms with Crippen LogP contribution in [0.1, 0.15) is 141 Å². The standard InChI is InChI=1S/C24H50O3.C4H10O2/c25-21-17-13-9-5-1-3-7-11-15-19-23-27-24-20-16-12-8-4-2-6-10-14-18-22-26;5-3-1-2-4-6/h25-26H,1-24H2;5-6H,1-4H2. The molecule has 4 N–H and O–H groups in total. The van der Waals surface area contributed by atoms with E-state index in [0.29, 0.717) is 13.2 Å². The molecule has 5 heteroatoms. The monoisotopic (exact) mass is 476 g/mol. The van der Waals surface area contributed by atoms with Gasteiger partial charge in [-0.05, 0) is 38.5 Å². The van der Waals surface area contributed by atoms with Crippen LogP contribution in [0.15, 0.2) is 0 Å². The zero-order valence-corrected chi connectivity index (χ0v) is 22.0. The molecule has 0 aliphatic heterocycles. The number of rotatable bonds is 27. The van der Waals surface area contributed by atoms with E-state index in [-0.39, 0.29) is 13.2 Å². The molecule has 0 aliphatic carbocycles. The SMILES string of the molecule is OCCCCCCCCCCCCOCCCCCCCCCCCCO.OCCCCO. The molecular formula is C28H60O5. The van der Waals surface area contributed by atoms with Gasteiger partial charge in [0, 0.05) is 39.6 Å². The van der Waals surface area contributed by atoms with Gasteiger partial charge in [-0.3, -0.25) is 0 Å². The molecule has 0 amide bonds. The number of hydrogen-bond acceptors (Lipinski definition) is 5. The zero-order valence-electron chi connectivity index (χ0n) is 22.0. The van der Waals surface area contributed by atoms with Crippen LogP contribution >= 0.6 is 0 Å². The molecule has 0 spiro atoms. The van der Waals surface area contributed by atoms with Gasteiger partial charge in [0.05, 0.1) is 0 Å². The third-order valence-electron chi connectivity index (χ3n) is 5.96. The molecule has 0 rings (SSSR count). The highest BCUT2D eigenvalue weighted by Crippen LogP contribution is 2.12. The van der Waals surface area contributed by atoms with Crippen molar-refractivity contribution in [3.05, 3.63) is 0 Å². The van der Waals surface area contributed by atoms with Crippen molar-refractivity contribution >= 4 is 0 Å². The lowest BCUT2D eigenvalue weighted by atomic mass is 10.1. The summed E-state index contributed by atoms with van der Waals surface area (Å²) in [6.07, 6.45) is 27.1. The number of ether oxygens (including phenoxy) is 1. The van der Waals surface area contributed by atoms with Gasteiger partial charge in [-0.1, -0.05) is 103 Å². The first-order valence-electron chi connectivity index (χ1n) is 14.3. The normalized spacial score (nSPS) is 10.9. The van der Waals surface area contributed by atoms with Crippen molar-refractivity contribution in [2.24, 2.45) is 0 Å². The Morgan fingerprint density at radius 3 is 0.667 bits per heavy atom. The van der Waals surface area contributed by atoms with Crippen LogP contribution < -0.4 is 0 Å². The third-order valence-corrected chi connectivity index (χ3v) is 5.96. The molecule has 0 bridgehead atoms. The van der Waals surface area contributed by atoms with Gasteiger partial charge in [0.1, 0.15) is 0 Å². The molecule has 0 saturated carbocycles. The van der Waals surface area contributed by atoms with Crippen LogP contribution in [0.4, 0.5) is 0 Å². The van der Waals surface area contributed by atoms with Crippen molar-refractivity contribution in [3.8, 4) is 0 Å². The Balaban J connectivity index is 0. The lowest BCUT2D eigenvalue weighted by molar-refractivity contribution is 0.125. The molecule has 5 nitrogen and oxygen atoms in total. The predicted molar refractivity (Wildman–Crippen MR) is 141 cm³/mol. The van der Waals surface area contributed by atoms with Crippen LogP contribution in [-0.4, -0.2) is 60.1 Å². The summed E-state index contributed by atoms with van der Waals surface area (Å²) in [5, 5.41) is 33.6. The van der Waals surface area contributed by atoms with Crippen LogP contribution in [0.3, 0.4) is 0 Å². The fourth-order valence-electron chi connectivity index (χ4n) is 3.79. The van der Waals surface area contributed by atoms with Gasteiger partial charge in [-0.15, -0.1) is 0 Å². The van der Waals surface area contributed by atoms with E-state index in [9.17, 15) is 0 Å². The Labute approximate surface area is 206 Å². The second-order valence-corrected chi connectivity index (χ2v) is 9.28. The molecule has 0 atom stereocenters. The molecule has 0 aromatic carbocycles. The van der Waals surface area contributed by atoms with Gasteiger partial charge < -0.3 is 25.2 Å². The average Bonchev–Trinajstić information content (AvgIpc) is 2.83. The molecule has 0 saturated heterocycles. The zero-order chi connectivity index (χ0) is 24.5. The second-order valence-electron chi connectivity index (χ2n) is 9.28. The Morgan fingerprint density at radius 2 is 0.424 bits per heavy atom.